The molecule has 122 valence electrons. The number of carboxylic acids is 1. The Morgan fingerprint density at radius 2 is 2.00 bits per heavy atom. The van der Waals surface area contributed by atoms with Crippen molar-refractivity contribution in [2.45, 2.75) is 6.43 Å². The number of benzene rings is 1. The molecule has 1 aromatic carbocycles. The van der Waals surface area contributed by atoms with Crippen LogP contribution in [-0.4, -0.2) is 23.2 Å². The monoisotopic (exact) mass is 362 g/mol. The van der Waals surface area contributed by atoms with E-state index in [9.17, 15) is 13.6 Å². The lowest BCUT2D eigenvalue weighted by molar-refractivity contribution is 0.0691. The number of ether oxygens (including phenoxy) is 1. The van der Waals surface area contributed by atoms with E-state index in [-0.39, 0.29) is 38.3 Å². The number of nitrogen functional groups attached to an aromatic ring is 1. The van der Waals surface area contributed by atoms with Crippen LogP contribution in [0, 0.1) is 0 Å². The summed E-state index contributed by atoms with van der Waals surface area (Å²) in [5, 5.41) is 8.75. The Labute approximate surface area is 139 Å². The van der Waals surface area contributed by atoms with Crippen LogP contribution < -0.4 is 10.5 Å². The summed E-state index contributed by atoms with van der Waals surface area (Å²) in [5.41, 5.74) is 5.06. The molecule has 0 aliphatic rings. The zero-order valence-corrected chi connectivity index (χ0v) is 13.1. The van der Waals surface area contributed by atoms with Crippen LogP contribution in [-0.2, 0) is 0 Å². The normalized spacial score (nSPS) is 10.9. The van der Waals surface area contributed by atoms with Gasteiger partial charge in [-0.15, -0.1) is 0 Å². The van der Waals surface area contributed by atoms with Gasteiger partial charge in [0.05, 0.1) is 34.1 Å². The molecule has 0 unspecified atom stereocenters. The Bertz CT molecular complexity index is 785. The molecule has 0 amide bonds. The Hall–Kier alpha value is -2.12. The zero-order chi connectivity index (χ0) is 17.3. The number of halogens is 4. The van der Waals surface area contributed by atoms with Crippen LogP contribution >= 0.6 is 23.2 Å². The quantitative estimate of drug-likeness (QED) is 0.847. The number of aromatic carboxylic acids is 1. The van der Waals surface area contributed by atoms with Gasteiger partial charge in [0.15, 0.2) is 5.69 Å². The highest BCUT2D eigenvalue weighted by molar-refractivity contribution is 6.36. The molecule has 0 bridgehead atoms. The molecule has 9 heteroatoms. The maximum Gasteiger partial charge on any atom is 0.356 e. The number of methoxy groups -OCH3 is 1. The highest BCUT2D eigenvalue weighted by atomic mass is 35.5. The van der Waals surface area contributed by atoms with Crippen molar-refractivity contribution in [1.29, 1.82) is 0 Å². The summed E-state index contributed by atoms with van der Waals surface area (Å²) < 4.78 is 30.8. The van der Waals surface area contributed by atoms with E-state index in [1.54, 1.807) is 0 Å². The van der Waals surface area contributed by atoms with Crippen molar-refractivity contribution >= 4 is 34.9 Å². The largest absolute Gasteiger partial charge is 0.495 e. The molecule has 0 radical (unpaired) electrons. The summed E-state index contributed by atoms with van der Waals surface area (Å²) in [7, 11) is 1.20. The summed E-state index contributed by atoms with van der Waals surface area (Å²) >= 11 is 11.9. The van der Waals surface area contributed by atoms with Gasteiger partial charge < -0.3 is 15.6 Å². The molecule has 5 nitrogen and oxygen atoms in total. The smallest absolute Gasteiger partial charge is 0.356 e. The number of carboxylic acid groups (broad SMARTS) is 1. The fourth-order valence-corrected chi connectivity index (χ4v) is 2.50. The van der Waals surface area contributed by atoms with E-state index in [2.05, 4.69) is 4.98 Å². The van der Waals surface area contributed by atoms with Crippen molar-refractivity contribution in [2.75, 3.05) is 12.8 Å². The summed E-state index contributed by atoms with van der Waals surface area (Å²) in [4.78, 5) is 15.0. The van der Waals surface area contributed by atoms with Crippen LogP contribution in [0.1, 0.15) is 22.5 Å². The second-order valence-corrected chi connectivity index (χ2v) is 5.17. The SMILES string of the molecule is COc1c(C(F)F)ccc(-c2cc(N)c(Cl)c(C(=O)O)n2)c1Cl. The van der Waals surface area contributed by atoms with E-state index in [4.69, 9.17) is 38.8 Å². The average Bonchev–Trinajstić information content (AvgIpc) is 2.49. The molecule has 0 aliphatic carbocycles. The molecule has 0 atom stereocenters. The second-order valence-electron chi connectivity index (χ2n) is 4.41. The standard InChI is InChI=1S/C14H10Cl2F2N2O3/c1-23-12-6(13(17)18)3-2-5(9(12)15)8-4-7(19)10(16)11(20-8)14(21)22/h2-4,13H,1H3,(H2,19,20)(H,21,22). The molecule has 0 spiro atoms. The minimum Gasteiger partial charge on any atom is -0.495 e. The number of alkyl halides is 2. The van der Waals surface area contributed by atoms with Crippen LogP contribution in [0.25, 0.3) is 11.3 Å². The number of hydrogen-bond donors (Lipinski definition) is 2. The van der Waals surface area contributed by atoms with Gasteiger partial charge in [-0.1, -0.05) is 29.3 Å². The number of hydrogen-bond acceptors (Lipinski definition) is 4. The Balaban J connectivity index is 2.70. The highest BCUT2D eigenvalue weighted by Crippen LogP contribution is 2.41. The third-order valence-electron chi connectivity index (χ3n) is 3.03. The number of carbonyl (C=O) groups is 1. The first kappa shape index (κ1) is 17.2. The zero-order valence-electron chi connectivity index (χ0n) is 11.6. The first-order valence-electron chi connectivity index (χ1n) is 6.12. The topological polar surface area (TPSA) is 85.4 Å². The van der Waals surface area contributed by atoms with E-state index in [1.165, 1.54) is 19.2 Å². The molecule has 1 aromatic heterocycles. The molecule has 2 rings (SSSR count). The number of nitrogens with two attached hydrogens (primary N) is 1. The first-order chi connectivity index (χ1) is 10.8. The van der Waals surface area contributed by atoms with Crippen molar-refractivity contribution in [2.24, 2.45) is 0 Å². The Morgan fingerprint density at radius 3 is 2.52 bits per heavy atom. The summed E-state index contributed by atoms with van der Waals surface area (Å²) in [5.74, 6) is -1.60. The molecule has 2 aromatic rings. The van der Waals surface area contributed by atoms with Gasteiger partial charge >= 0.3 is 5.97 Å². The number of anilines is 1. The molecule has 0 saturated heterocycles. The van der Waals surface area contributed by atoms with E-state index in [0.29, 0.717) is 0 Å². The van der Waals surface area contributed by atoms with Gasteiger partial charge in [-0.05, 0) is 12.1 Å². The number of aromatic nitrogens is 1. The van der Waals surface area contributed by atoms with Crippen molar-refractivity contribution in [3.63, 3.8) is 0 Å². The van der Waals surface area contributed by atoms with E-state index in [1.807, 2.05) is 0 Å². The molecule has 0 saturated carbocycles. The van der Waals surface area contributed by atoms with Crippen LogP contribution in [0.15, 0.2) is 18.2 Å². The summed E-state index contributed by atoms with van der Waals surface area (Å²) in [6.45, 7) is 0. The van der Waals surface area contributed by atoms with Crippen LogP contribution in [0.4, 0.5) is 14.5 Å². The third kappa shape index (κ3) is 3.16. The fourth-order valence-electron chi connectivity index (χ4n) is 1.98. The van der Waals surface area contributed by atoms with Crippen LogP contribution in [0.2, 0.25) is 10.0 Å². The Morgan fingerprint density at radius 1 is 1.35 bits per heavy atom. The molecule has 1 heterocycles. The van der Waals surface area contributed by atoms with Gasteiger partial charge in [-0.3, -0.25) is 0 Å². The van der Waals surface area contributed by atoms with Crippen molar-refractivity contribution in [3.8, 4) is 17.0 Å². The average molecular weight is 363 g/mol. The van der Waals surface area contributed by atoms with Gasteiger partial charge in [-0.2, -0.15) is 0 Å². The number of rotatable bonds is 4. The van der Waals surface area contributed by atoms with Crippen molar-refractivity contribution < 1.29 is 23.4 Å². The first-order valence-corrected chi connectivity index (χ1v) is 6.87. The Kier molecular flexibility index (Phi) is 4.91. The summed E-state index contributed by atoms with van der Waals surface area (Å²) in [6.07, 6.45) is -2.78. The third-order valence-corrected chi connectivity index (χ3v) is 3.80. The van der Waals surface area contributed by atoms with Gasteiger partial charge in [-0.25, -0.2) is 18.6 Å². The van der Waals surface area contributed by atoms with Crippen molar-refractivity contribution in [1.82, 2.24) is 4.98 Å². The summed E-state index contributed by atoms with van der Waals surface area (Å²) in [6, 6.07) is 3.71. The minimum atomic E-state index is -2.78. The van der Waals surface area contributed by atoms with Crippen LogP contribution in [0.5, 0.6) is 5.75 Å². The van der Waals surface area contributed by atoms with Gasteiger partial charge in [0.2, 0.25) is 0 Å². The molecular formula is C14H10Cl2F2N2O3. The van der Waals surface area contributed by atoms with E-state index >= 15 is 0 Å². The molecule has 23 heavy (non-hydrogen) atoms. The lowest BCUT2D eigenvalue weighted by Crippen LogP contribution is -2.05. The number of pyridine rings is 1. The predicted octanol–water partition coefficient (Wildman–Crippen LogP) is 4.28. The molecular weight excluding hydrogens is 353 g/mol. The maximum absolute atomic E-state index is 12.9. The van der Waals surface area contributed by atoms with Crippen LogP contribution in [0.3, 0.4) is 0 Å². The lowest BCUT2D eigenvalue weighted by atomic mass is 10.1. The minimum absolute atomic E-state index is 0.0259. The van der Waals surface area contributed by atoms with Gasteiger partial charge in [0.1, 0.15) is 5.75 Å². The fraction of sp³-hybridized carbons (Fsp3) is 0.143. The maximum atomic E-state index is 12.9. The van der Waals surface area contributed by atoms with Gasteiger partial charge in [0, 0.05) is 5.56 Å². The molecule has 0 fully saturated rings. The van der Waals surface area contributed by atoms with E-state index < -0.39 is 18.1 Å². The second kappa shape index (κ2) is 6.55. The highest BCUT2D eigenvalue weighted by Gasteiger charge is 2.22. The lowest BCUT2D eigenvalue weighted by Gasteiger charge is -2.14. The number of nitrogens with zero attached hydrogens (tertiary/aromatic N) is 1. The van der Waals surface area contributed by atoms with E-state index in [0.717, 1.165) is 6.07 Å². The van der Waals surface area contributed by atoms with Crippen molar-refractivity contribution in [3.05, 3.63) is 39.5 Å². The predicted molar refractivity (Wildman–Crippen MR) is 82.6 cm³/mol. The van der Waals surface area contributed by atoms with Gasteiger partial charge in [0.25, 0.3) is 6.43 Å². The molecule has 3 N–H and O–H groups in total. The molecule has 0 aliphatic heterocycles.